The van der Waals surface area contributed by atoms with Crippen LogP contribution in [0.1, 0.15) is 11.1 Å². The number of sulfonamides is 2. The molecule has 146 valence electrons. The number of hydrogen-bond donors (Lipinski definition) is 3. The van der Waals surface area contributed by atoms with E-state index in [4.69, 9.17) is 0 Å². The van der Waals surface area contributed by atoms with E-state index in [1.54, 1.807) is 24.3 Å². The van der Waals surface area contributed by atoms with Gasteiger partial charge in [-0.2, -0.15) is 0 Å². The summed E-state index contributed by atoms with van der Waals surface area (Å²) in [5, 5.41) is 2.30. The topological polar surface area (TPSA) is 121 Å². The number of rotatable bonds is 7. The van der Waals surface area contributed by atoms with Crippen LogP contribution < -0.4 is 14.8 Å². The van der Waals surface area contributed by atoms with Gasteiger partial charge in [-0.25, -0.2) is 31.1 Å². The minimum absolute atomic E-state index is 0.0386. The van der Waals surface area contributed by atoms with E-state index in [1.807, 2.05) is 18.6 Å². The van der Waals surface area contributed by atoms with Crippen molar-refractivity contribution in [1.29, 1.82) is 0 Å². The van der Waals surface area contributed by atoms with Crippen LogP contribution in [0.15, 0.2) is 58.3 Å². The van der Waals surface area contributed by atoms with E-state index >= 15 is 0 Å². The molecule has 0 radical (unpaired) electrons. The lowest BCUT2D eigenvalue weighted by Gasteiger charge is -2.10. The molecule has 2 amide bonds. The molecule has 3 N–H and O–H groups in total. The fourth-order valence-electron chi connectivity index (χ4n) is 2.10. The molecule has 2 aromatic carbocycles. The Morgan fingerprint density at radius 3 is 1.67 bits per heavy atom. The molecule has 27 heavy (non-hydrogen) atoms. The first-order valence-electron chi connectivity index (χ1n) is 8.04. The maximum Gasteiger partial charge on any atom is 0.328 e. The monoisotopic (exact) mass is 411 g/mol. The first-order valence-corrected chi connectivity index (χ1v) is 11.0. The Balaban J connectivity index is 1.83. The summed E-state index contributed by atoms with van der Waals surface area (Å²) < 4.78 is 52.5. The molecular weight excluding hydrogens is 390 g/mol. The highest BCUT2D eigenvalue weighted by Gasteiger charge is 2.17. The van der Waals surface area contributed by atoms with Gasteiger partial charge in [0.05, 0.1) is 9.79 Å². The average Bonchev–Trinajstić information content (AvgIpc) is 2.59. The molecule has 0 unspecified atom stereocenters. The molecule has 0 aromatic heterocycles. The highest BCUT2D eigenvalue weighted by molar-refractivity contribution is 7.90. The van der Waals surface area contributed by atoms with Crippen LogP contribution in [0.2, 0.25) is 0 Å². The van der Waals surface area contributed by atoms with Gasteiger partial charge in [0.1, 0.15) is 0 Å². The third-order valence-electron chi connectivity index (χ3n) is 3.59. The van der Waals surface area contributed by atoms with Crippen LogP contribution in [-0.2, 0) is 20.0 Å². The summed E-state index contributed by atoms with van der Waals surface area (Å²) in [6, 6.07) is 11.4. The molecule has 0 fully saturated rings. The molecule has 0 aliphatic carbocycles. The van der Waals surface area contributed by atoms with Gasteiger partial charge < -0.3 is 5.32 Å². The summed E-state index contributed by atoms with van der Waals surface area (Å²) in [5.41, 5.74) is 1.82. The molecule has 0 spiro atoms. The third kappa shape index (κ3) is 6.05. The van der Waals surface area contributed by atoms with Gasteiger partial charge in [0.25, 0.3) is 10.0 Å². The molecular formula is C17H21N3O5S2. The molecule has 0 heterocycles. The van der Waals surface area contributed by atoms with E-state index in [2.05, 4.69) is 10.0 Å². The van der Waals surface area contributed by atoms with Gasteiger partial charge in [0, 0.05) is 13.1 Å². The predicted molar refractivity (Wildman–Crippen MR) is 101 cm³/mol. The second-order valence-electron chi connectivity index (χ2n) is 5.89. The van der Waals surface area contributed by atoms with Gasteiger partial charge >= 0.3 is 6.03 Å². The molecule has 0 aliphatic rings. The highest BCUT2D eigenvalue weighted by Crippen LogP contribution is 2.10. The Bertz CT molecular complexity index is 1000. The van der Waals surface area contributed by atoms with E-state index in [-0.39, 0.29) is 22.9 Å². The predicted octanol–water partition coefficient (Wildman–Crippen LogP) is 1.27. The Labute approximate surface area is 159 Å². The lowest BCUT2D eigenvalue weighted by atomic mass is 10.2. The highest BCUT2D eigenvalue weighted by atomic mass is 32.2. The minimum Gasteiger partial charge on any atom is -0.336 e. The Morgan fingerprint density at radius 2 is 1.19 bits per heavy atom. The number of aryl methyl sites for hydroxylation is 2. The van der Waals surface area contributed by atoms with Crippen molar-refractivity contribution in [2.45, 2.75) is 23.6 Å². The van der Waals surface area contributed by atoms with Crippen molar-refractivity contribution in [3.63, 3.8) is 0 Å². The Morgan fingerprint density at radius 1 is 0.741 bits per heavy atom. The van der Waals surface area contributed by atoms with Gasteiger partial charge in [0.15, 0.2) is 0 Å². The van der Waals surface area contributed by atoms with Gasteiger partial charge in [-0.15, -0.1) is 0 Å². The summed E-state index contributed by atoms with van der Waals surface area (Å²) in [5.74, 6) is 0. The lowest BCUT2D eigenvalue weighted by molar-refractivity contribution is 0.246. The van der Waals surface area contributed by atoms with Crippen LogP contribution in [0.25, 0.3) is 0 Å². The number of urea groups is 1. The smallest absolute Gasteiger partial charge is 0.328 e. The number of amides is 2. The fourth-order valence-corrected chi connectivity index (χ4v) is 4.06. The number of benzene rings is 2. The molecule has 2 aromatic rings. The van der Waals surface area contributed by atoms with Crippen molar-refractivity contribution in [3.05, 3.63) is 59.7 Å². The summed E-state index contributed by atoms with van der Waals surface area (Å²) in [6.45, 7) is 3.49. The van der Waals surface area contributed by atoms with Crippen molar-refractivity contribution >= 4 is 26.1 Å². The van der Waals surface area contributed by atoms with Crippen molar-refractivity contribution in [2.24, 2.45) is 0 Å². The summed E-state index contributed by atoms with van der Waals surface area (Å²) in [7, 11) is -7.69. The molecule has 10 heteroatoms. The van der Waals surface area contributed by atoms with Gasteiger partial charge in [0.2, 0.25) is 10.0 Å². The third-order valence-corrected chi connectivity index (χ3v) is 6.42. The average molecular weight is 412 g/mol. The molecule has 2 rings (SSSR count). The maximum atomic E-state index is 12.1. The zero-order chi connectivity index (χ0) is 20.1. The Kier molecular flexibility index (Phi) is 6.58. The van der Waals surface area contributed by atoms with Crippen molar-refractivity contribution in [3.8, 4) is 0 Å². The van der Waals surface area contributed by atoms with E-state index in [1.165, 1.54) is 24.3 Å². The SMILES string of the molecule is Cc1ccc(S(=O)(=O)NCCNC(=O)NS(=O)(=O)c2ccc(C)cc2)cc1. The van der Waals surface area contributed by atoms with Crippen LogP contribution in [-0.4, -0.2) is 36.0 Å². The van der Waals surface area contributed by atoms with Gasteiger partial charge in [-0.3, -0.25) is 0 Å². The second-order valence-corrected chi connectivity index (χ2v) is 9.33. The fraction of sp³-hybridized carbons (Fsp3) is 0.235. The van der Waals surface area contributed by atoms with E-state index in [0.29, 0.717) is 0 Å². The van der Waals surface area contributed by atoms with Crippen LogP contribution >= 0.6 is 0 Å². The minimum atomic E-state index is -3.99. The quantitative estimate of drug-likeness (QED) is 0.593. The van der Waals surface area contributed by atoms with Gasteiger partial charge in [-0.05, 0) is 38.1 Å². The lowest BCUT2D eigenvalue weighted by Crippen LogP contribution is -2.42. The zero-order valence-corrected chi connectivity index (χ0v) is 16.5. The van der Waals surface area contributed by atoms with E-state index in [0.717, 1.165) is 11.1 Å². The first kappa shape index (κ1) is 20.9. The first-order chi connectivity index (χ1) is 12.6. The number of hydrogen-bond acceptors (Lipinski definition) is 5. The van der Waals surface area contributed by atoms with Crippen molar-refractivity contribution < 1.29 is 21.6 Å². The standard InChI is InChI=1S/C17H21N3O5S2/c1-13-3-7-15(8-4-13)26(22,23)19-12-11-18-17(21)20-27(24,25)16-9-5-14(2)6-10-16/h3-10,19H,11-12H2,1-2H3,(H2,18,20,21). The van der Waals surface area contributed by atoms with Crippen molar-refractivity contribution in [1.82, 2.24) is 14.8 Å². The molecule has 0 aliphatic heterocycles. The molecule has 8 nitrogen and oxygen atoms in total. The van der Waals surface area contributed by atoms with E-state index < -0.39 is 26.1 Å². The van der Waals surface area contributed by atoms with Gasteiger partial charge in [-0.1, -0.05) is 35.4 Å². The largest absolute Gasteiger partial charge is 0.336 e. The molecule has 0 saturated heterocycles. The second kappa shape index (κ2) is 8.51. The number of carbonyl (C=O) groups is 1. The number of carbonyl (C=O) groups excluding carboxylic acids is 1. The molecule has 0 bridgehead atoms. The van der Waals surface area contributed by atoms with Crippen LogP contribution in [0.5, 0.6) is 0 Å². The summed E-state index contributed by atoms with van der Waals surface area (Å²) in [4.78, 5) is 11.8. The van der Waals surface area contributed by atoms with E-state index in [9.17, 15) is 21.6 Å². The maximum absolute atomic E-state index is 12.1. The van der Waals surface area contributed by atoms with Crippen LogP contribution in [0.3, 0.4) is 0 Å². The summed E-state index contributed by atoms with van der Waals surface area (Å²) >= 11 is 0. The summed E-state index contributed by atoms with van der Waals surface area (Å²) in [6.07, 6.45) is 0. The van der Waals surface area contributed by atoms with Crippen LogP contribution in [0.4, 0.5) is 4.79 Å². The number of nitrogens with one attached hydrogen (secondary N) is 3. The molecule has 0 saturated carbocycles. The Hall–Kier alpha value is -2.43. The zero-order valence-electron chi connectivity index (χ0n) is 14.9. The van der Waals surface area contributed by atoms with Crippen LogP contribution in [0, 0.1) is 13.8 Å². The van der Waals surface area contributed by atoms with Crippen molar-refractivity contribution in [2.75, 3.05) is 13.1 Å². The normalized spacial score (nSPS) is 11.8. The molecule has 0 atom stereocenters.